The molecule has 7 heteroatoms. The minimum Gasteiger partial charge on any atom is -0.379 e. The van der Waals surface area contributed by atoms with Crippen molar-refractivity contribution in [3.8, 4) is 5.75 Å². The van der Waals surface area contributed by atoms with Crippen LogP contribution in [0.25, 0.3) is 0 Å². The van der Waals surface area contributed by atoms with Crippen LogP contribution >= 0.6 is 0 Å². The van der Waals surface area contributed by atoms with Crippen molar-refractivity contribution in [1.82, 2.24) is 5.06 Å². The van der Waals surface area contributed by atoms with Crippen molar-refractivity contribution in [3.63, 3.8) is 0 Å². The van der Waals surface area contributed by atoms with E-state index in [9.17, 15) is 13.2 Å². The Kier molecular flexibility index (Phi) is 6.62. The molecule has 0 aliphatic carbocycles. The molecule has 0 aliphatic rings. The van der Waals surface area contributed by atoms with Crippen LogP contribution in [0.5, 0.6) is 5.75 Å². The molecule has 2 aromatic rings. The highest BCUT2D eigenvalue weighted by molar-refractivity contribution is 7.87. The molecule has 2 rings (SSSR count). The molecule has 0 atom stereocenters. The minimum atomic E-state index is -3.94. The predicted octanol–water partition coefficient (Wildman–Crippen LogP) is 3.49. The first-order valence-electron chi connectivity index (χ1n) is 8.61. The van der Waals surface area contributed by atoms with Gasteiger partial charge < -0.3 is 4.18 Å². The molecule has 0 spiro atoms. The Morgan fingerprint density at radius 1 is 1.04 bits per heavy atom. The van der Waals surface area contributed by atoms with Crippen LogP contribution in [0.3, 0.4) is 0 Å². The molecule has 0 aliphatic heterocycles. The largest absolute Gasteiger partial charge is 0.379 e. The molecule has 0 aromatic heterocycles. The summed E-state index contributed by atoms with van der Waals surface area (Å²) in [5, 5.41) is 1.20. The van der Waals surface area contributed by atoms with Gasteiger partial charge in [0.1, 0.15) is 10.6 Å². The van der Waals surface area contributed by atoms with Gasteiger partial charge in [0.05, 0.1) is 12.1 Å². The van der Waals surface area contributed by atoms with Gasteiger partial charge in [0.25, 0.3) is 0 Å². The molecular formula is C20H25NO5S. The Bertz CT molecular complexity index is 870. The van der Waals surface area contributed by atoms with Crippen molar-refractivity contribution in [2.24, 2.45) is 0 Å². The summed E-state index contributed by atoms with van der Waals surface area (Å²) in [6.07, 6.45) is 0.992. The predicted molar refractivity (Wildman–Crippen MR) is 103 cm³/mol. The van der Waals surface area contributed by atoms with E-state index in [0.29, 0.717) is 18.4 Å². The Balaban J connectivity index is 2.15. The number of hydrogen-bond acceptors (Lipinski definition) is 5. The van der Waals surface area contributed by atoms with E-state index in [1.54, 1.807) is 36.4 Å². The second-order valence-corrected chi connectivity index (χ2v) is 8.70. The average Bonchev–Trinajstić information content (AvgIpc) is 2.59. The Hall–Kier alpha value is -2.38. The van der Waals surface area contributed by atoms with Gasteiger partial charge in [0.15, 0.2) is 0 Å². The van der Waals surface area contributed by atoms with Crippen LogP contribution in [0.2, 0.25) is 0 Å². The molecule has 6 nitrogen and oxygen atoms in total. The lowest BCUT2D eigenvalue weighted by atomic mass is 10.1. The fourth-order valence-corrected chi connectivity index (χ4v) is 3.33. The molecule has 2 aromatic carbocycles. The standard InChI is InChI=1S/C20H25NO5S/c1-16-9-11-18(12-10-16)27(23,24)25-19-8-6-5-7-17(19)13-14-21(15-22)26-20(2,3)4/h5-12,15H,13-14H2,1-4H3. The summed E-state index contributed by atoms with van der Waals surface area (Å²) < 4.78 is 30.4. The molecular weight excluding hydrogens is 366 g/mol. The van der Waals surface area contributed by atoms with Gasteiger partial charge in [-0.1, -0.05) is 35.9 Å². The fraction of sp³-hybridized carbons (Fsp3) is 0.350. The summed E-state index contributed by atoms with van der Waals surface area (Å²) in [5.41, 5.74) is 1.12. The Morgan fingerprint density at radius 2 is 1.67 bits per heavy atom. The molecule has 0 fully saturated rings. The number of rotatable bonds is 8. The van der Waals surface area contributed by atoms with E-state index in [1.165, 1.54) is 17.2 Å². The zero-order valence-corrected chi connectivity index (χ0v) is 16.8. The van der Waals surface area contributed by atoms with Crippen LogP contribution in [0, 0.1) is 6.92 Å². The van der Waals surface area contributed by atoms with E-state index < -0.39 is 15.7 Å². The first-order valence-corrected chi connectivity index (χ1v) is 10.0. The molecule has 0 bridgehead atoms. The van der Waals surface area contributed by atoms with Crippen LogP contribution in [0.4, 0.5) is 0 Å². The number of benzene rings is 2. The van der Waals surface area contributed by atoms with E-state index in [1.807, 2.05) is 27.7 Å². The van der Waals surface area contributed by atoms with Crippen LogP contribution in [-0.4, -0.2) is 32.0 Å². The molecule has 0 radical (unpaired) electrons. The van der Waals surface area contributed by atoms with Crippen molar-refractivity contribution in [3.05, 3.63) is 59.7 Å². The third-order valence-electron chi connectivity index (χ3n) is 3.59. The number of hydroxylamine groups is 2. The normalized spacial score (nSPS) is 11.9. The zero-order valence-electron chi connectivity index (χ0n) is 16.0. The van der Waals surface area contributed by atoms with Gasteiger partial charge >= 0.3 is 10.1 Å². The number of carbonyl (C=O) groups is 1. The summed E-state index contributed by atoms with van der Waals surface area (Å²) in [4.78, 5) is 16.8. The maximum atomic E-state index is 12.5. The number of nitrogens with zero attached hydrogens (tertiary/aromatic N) is 1. The number of para-hydroxylation sites is 1. The van der Waals surface area contributed by atoms with Crippen LogP contribution in [0.1, 0.15) is 31.9 Å². The van der Waals surface area contributed by atoms with E-state index in [-0.39, 0.29) is 17.2 Å². The molecule has 1 amide bonds. The minimum absolute atomic E-state index is 0.0912. The van der Waals surface area contributed by atoms with Crippen molar-refractivity contribution in [2.45, 2.75) is 44.6 Å². The van der Waals surface area contributed by atoms with E-state index in [2.05, 4.69) is 0 Å². The zero-order chi connectivity index (χ0) is 20.1. The highest BCUT2D eigenvalue weighted by Gasteiger charge is 2.20. The smallest absolute Gasteiger partial charge is 0.339 e. The van der Waals surface area contributed by atoms with E-state index in [0.717, 1.165) is 5.56 Å². The average molecular weight is 391 g/mol. The molecule has 0 saturated heterocycles. The van der Waals surface area contributed by atoms with Gasteiger partial charge in [-0.05, 0) is 57.9 Å². The van der Waals surface area contributed by atoms with Crippen molar-refractivity contribution >= 4 is 16.5 Å². The van der Waals surface area contributed by atoms with Gasteiger partial charge in [0.2, 0.25) is 6.41 Å². The quantitative estimate of drug-likeness (QED) is 0.391. The molecule has 0 N–H and O–H groups in total. The van der Waals surface area contributed by atoms with Crippen LogP contribution < -0.4 is 4.18 Å². The summed E-state index contributed by atoms with van der Waals surface area (Å²) in [6.45, 7) is 7.68. The number of hydrogen-bond donors (Lipinski definition) is 0. The lowest BCUT2D eigenvalue weighted by Crippen LogP contribution is -2.34. The second kappa shape index (κ2) is 8.54. The molecule has 27 heavy (non-hydrogen) atoms. The fourth-order valence-electron chi connectivity index (χ4n) is 2.37. The first kappa shape index (κ1) is 20.9. The monoisotopic (exact) mass is 391 g/mol. The van der Waals surface area contributed by atoms with Gasteiger partial charge in [0, 0.05) is 0 Å². The second-order valence-electron chi connectivity index (χ2n) is 7.16. The molecule has 0 unspecified atom stereocenters. The van der Waals surface area contributed by atoms with Crippen LogP contribution in [-0.2, 0) is 26.2 Å². The highest BCUT2D eigenvalue weighted by atomic mass is 32.2. The molecule has 146 valence electrons. The van der Waals surface area contributed by atoms with Crippen molar-refractivity contribution < 1.29 is 22.2 Å². The Morgan fingerprint density at radius 3 is 2.26 bits per heavy atom. The van der Waals surface area contributed by atoms with Crippen molar-refractivity contribution in [1.29, 1.82) is 0 Å². The van der Waals surface area contributed by atoms with Crippen molar-refractivity contribution in [2.75, 3.05) is 6.54 Å². The van der Waals surface area contributed by atoms with Gasteiger partial charge in [-0.15, -0.1) is 0 Å². The summed E-state index contributed by atoms with van der Waals surface area (Å²) >= 11 is 0. The third kappa shape index (κ3) is 6.37. The molecule has 0 saturated carbocycles. The van der Waals surface area contributed by atoms with E-state index in [4.69, 9.17) is 9.02 Å². The lowest BCUT2D eigenvalue weighted by molar-refractivity contribution is -0.215. The van der Waals surface area contributed by atoms with Gasteiger partial charge in [-0.2, -0.15) is 8.42 Å². The lowest BCUT2D eigenvalue weighted by Gasteiger charge is -2.26. The number of aryl methyl sites for hydroxylation is 1. The van der Waals surface area contributed by atoms with Gasteiger partial charge in [-0.25, -0.2) is 5.06 Å². The van der Waals surface area contributed by atoms with Crippen LogP contribution in [0.15, 0.2) is 53.4 Å². The van der Waals surface area contributed by atoms with Gasteiger partial charge in [-0.3, -0.25) is 9.63 Å². The number of amides is 1. The summed E-state index contributed by atoms with van der Waals surface area (Å²) in [6, 6.07) is 13.3. The van der Waals surface area contributed by atoms with E-state index >= 15 is 0 Å². The highest BCUT2D eigenvalue weighted by Crippen LogP contribution is 2.24. The third-order valence-corrected chi connectivity index (χ3v) is 4.84. The number of carbonyl (C=O) groups excluding carboxylic acids is 1. The Labute approximate surface area is 160 Å². The molecule has 0 heterocycles. The topological polar surface area (TPSA) is 72.9 Å². The summed E-state index contributed by atoms with van der Waals surface area (Å²) in [5.74, 6) is 0.236. The maximum absolute atomic E-state index is 12.5. The maximum Gasteiger partial charge on any atom is 0.339 e. The summed E-state index contributed by atoms with van der Waals surface area (Å²) in [7, 11) is -3.94. The first-order chi connectivity index (χ1) is 12.6. The SMILES string of the molecule is Cc1ccc(S(=O)(=O)Oc2ccccc2CCN(C=O)OC(C)(C)C)cc1.